The molecule has 0 N–H and O–H groups in total. The number of halogens is 4. The molecular formula is C20H20BrF3N2O3S. The van der Waals surface area contributed by atoms with Crippen LogP contribution in [0.1, 0.15) is 5.56 Å². The van der Waals surface area contributed by atoms with E-state index in [1.165, 1.54) is 10.4 Å². The van der Waals surface area contributed by atoms with E-state index in [0.717, 1.165) is 17.7 Å². The average Bonchev–Trinajstić information content (AvgIpc) is 2.68. The Balaban J connectivity index is 1.66. The Morgan fingerprint density at radius 1 is 1.03 bits per heavy atom. The highest BCUT2D eigenvalue weighted by molar-refractivity contribution is 9.10. The van der Waals surface area contributed by atoms with Crippen LogP contribution < -0.4 is 4.74 Å². The first kappa shape index (κ1) is 22.8. The molecule has 0 amide bonds. The van der Waals surface area contributed by atoms with Gasteiger partial charge in [0.2, 0.25) is 10.0 Å². The van der Waals surface area contributed by atoms with E-state index in [2.05, 4.69) is 25.6 Å². The molecule has 1 fully saturated rings. The van der Waals surface area contributed by atoms with Gasteiger partial charge < -0.3 is 4.74 Å². The Labute approximate surface area is 181 Å². The molecule has 10 heteroatoms. The minimum atomic E-state index is -4.99. The second-order valence-electron chi connectivity index (χ2n) is 6.66. The summed E-state index contributed by atoms with van der Waals surface area (Å²) < 4.78 is 69.5. The number of hydrogen-bond donors (Lipinski definition) is 0. The van der Waals surface area contributed by atoms with Gasteiger partial charge in [0, 0.05) is 37.2 Å². The van der Waals surface area contributed by atoms with E-state index in [-0.39, 0.29) is 17.6 Å². The fourth-order valence-corrected chi connectivity index (χ4v) is 4.95. The van der Waals surface area contributed by atoms with Gasteiger partial charge in [-0.1, -0.05) is 58.4 Å². The van der Waals surface area contributed by atoms with Gasteiger partial charge in [-0.2, -0.15) is 4.31 Å². The van der Waals surface area contributed by atoms with Gasteiger partial charge in [0.15, 0.2) is 5.75 Å². The van der Waals surface area contributed by atoms with Gasteiger partial charge in [0.25, 0.3) is 0 Å². The quantitative estimate of drug-likeness (QED) is 0.586. The Hall–Kier alpha value is -1.88. The largest absolute Gasteiger partial charge is 0.573 e. The molecule has 0 aromatic heterocycles. The number of hydrogen-bond acceptors (Lipinski definition) is 4. The highest BCUT2D eigenvalue weighted by atomic mass is 79.9. The van der Waals surface area contributed by atoms with Crippen molar-refractivity contribution in [1.82, 2.24) is 9.21 Å². The van der Waals surface area contributed by atoms with Gasteiger partial charge in [-0.25, -0.2) is 8.42 Å². The number of benzene rings is 2. The summed E-state index contributed by atoms with van der Waals surface area (Å²) in [7, 11) is -4.13. The topological polar surface area (TPSA) is 49.9 Å². The maximum absolute atomic E-state index is 12.9. The summed E-state index contributed by atoms with van der Waals surface area (Å²) >= 11 is 3.05. The smallest absolute Gasteiger partial charge is 0.404 e. The Bertz CT molecular complexity index is 990. The minimum Gasteiger partial charge on any atom is -0.404 e. The Morgan fingerprint density at radius 3 is 2.33 bits per heavy atom. The standard InChI is InChI=1S/C20H20BrF3N2O3S/c21-17-8-9-19(18(15-17)29-20(22,23)24)30(27,28)26-13-11-25(12-14-26)10-4-7-16-5-2-1-3-6-16/h1-9,15H,10-14H2/b7-4-. The van der Waals surface area contributed by atoms with Crippen molar-refractivity contribution in [3.63, 3.8) is 0 Å². The summed E-state index contributed by atoms with van der Waals surface area (Å²) in [6.45, 7) is 1.98. The first-order valence-corrected chi connectivity index (χ1v) is 11.4. The minimum absolute atomic E-state index is 0.184. The van der Waals surface area contributed by atoms with Gasteiger partial charge in [-0.05, 0) is 23.8 Å². The lowest BCUT2D eigenvalue weighted by Gasteiger charge is -2.33. The van der Waals surface area contributed by atoms with E-state index in [1.807, 2.05) is 42.5 Å². The molecule has 1 heterocycles. The van der Waals surface area contributed by atoms with Crippen LogP contribution >= 0.6 is 15.9 Å². The molecule has 0 atom stereocenters. The fraction of sp³-hybridized carbons (Fsp3) is 0.300. The van der Waals surface area contributed by atoms with Crippen molar-refractivity contribution >= 4 is 32.0 Å². The molecule has 1 aliphatic heterocycles. The van der Waals surface area contributed by atoms with Crippen LogP contribution in [-0.2, 0) is 10.0 Å². The van der Waals surface area contributed by atoms with Gasteiger partial charge in [0.1, 0.15) is 4.90 Å². The molecule has 1 aliphatic rings. The van der Waals surface area contributed by atoms with Crippen molar-refractivity contribution in [1.29, 1.82) is 0 Å². The molecule has 0 unspecified atom stereocenters. The van der Waals surface area contributed by atoms with Crippen molar-refractivity contribution in [2.24, 2.45) is 0 Å². The molecule has 0 bridgehead atoms. The average molecular weight is 505 g/mol. The van der Waals surface area contributed by atoms with Gasteiger partial charge in [-0.3, -0.25) is 4.90 Å². The van der Waals surface area contributed by atoms with Crippen LogP contribution in [-0.4, -0.2) is 56.7 Å². The van der Waals surface area contributed by atoms with E-state index in [1.54, 1.807) is 0 Å². The zero-order chi connectivity index (χ0) is 21.8. The lowest BCUT2D eigenvalue weighted by atomic mass is 10.2. The van der Waals surface area contributed by atoms with E-state index in [4.69, 9.17) is 0 Å². The van der Waals surface area contributed by atoms with Crippen LogP contribution in [0.2, 0.25) is 0 Å². The Morgan fingerprint density at radius 2 is 1.70 bits per heavy atom. The van der Waals surface area contributed by atoms with Crippen LogP contribution in [0, 0.1) is 0 Å². The molecule has 3 rings (SSSR count). The molecule has 0 aliphatic carbocycles. The van der Waals surface area contributed by atoms with Gasteiger partial charge in [-0.15, -0.1) is 13.2 Å². The summed E-state index contributed by atoms with van der Waals surface area (Å²) in [5.41, 5.74) is 1.08. The number of alkyl halides is 3. The van der Waals surface area contributed by atoms with Crippen LogP contribution in [0.25, 0.3) is 6.08 Å². The molecule has 5 nitrogen and oxygen atoms in total. The number of ether oxygens (including phenoxy) is 1. The number of piperazine rings is 1. The van der Waals surface area contributed by atoms with E-state index < -0.39 is 27.0 Å². The van der Waals surface area contributed by atoms with Crippen LogP contribution in [0.4, 0.5) is 13.2 Å². The lowest BCUT2D eigenvalue weighted by Crippen LogP contribution is -2.48. The van der Waals surface area contributed by atoms with Crippen LogP contribution in [0.3, 0.4) is 0 Å². The first-order valence-electron chi connectivity index (χ1n) is 9.14. The van der Waals surface area contributed by atoms with Crippen LogP contribution in [0.15, 0.2) is 64.0 Å². The zero-order valence-corrected chi connectivity index (χ0v) is 18.3. The third-order valence-electron chi connectivity index (χ3n) is 4.55. The van der Waals surface area contributed by atoms with Gasteiger partial charge in [0.05, 0.1) is 0 Å². The lowest BCUT2D eigenvalue weighted by molar-refractivity contribution is -0.275. The maximum Gasteiger partial charge on any atom is 0.573 e. The van der Waals surface area contributed by atoms with Crippen molar-refractivity contribution in [2.75, 3.05) is 32.7 Å². The first-order chi connectivity index (χ1) is 14.1. The number of sulfonamides is 1. The summed E-state index contributed by atoms with van der Waals surface area (Å²) in [6, 6.07) is 13.3. The summed E-state index contributed by atoms with van der Waals surface area (Å²) in [5.74, 6) is -0.745. The Kier molecular flexibility index (Phi) is 7.22. The van der Waals surface area contributed by atoms with E-state index >= 15 is 0 Å². The maximum atomic E-state index is 12.9. The van der Waals surface area contributed by atoms with E-state index in [9.17, 15) is 21.6 Å². The summed E-state index contributed by atoms with van der Waals surface area (Å²) in [4.78, 5) is 1.58. The SMILES string of the molecule is O=S(=O)(c1ccc(Br)cc1OC(F)(F)F)N1CCN(C/C=C\c2ccccc2)CC1. The molecule has 0 spiro atoms. The fourth-order valence-electron chi connectivity index (χ4n) is 3.09. The highest BCUT2D eigenvalue weighted by Crippen LogP contribution is 2.34. The van der Waals surface area contributed by atoms with Crippen molar-refractivity contribution in [2.45, 2.75) is 11.3 Å². The molecule has 30 heavy (non-hydrogen) atoms. The van der Waals surface area contributed by atoms with E-state index in [0.29, 0.717) is 19.6 Å². The predicted octanol–water partition coefficient (Wildman–Crippen LogP) is 4.37. The van der Waals surface area contributed by atoms with Gasteiger partial charge >= 0.3 is 6.36 Å². The molecule has 1 saturated heterocycles. The molecule has 2 aromatic rings. The van der Waals surface area contributed by atoms with Crippen LogP contribution in [0.5, 0.6) is 5.75 Å². The predicted molar refractivity (Wildman–Crippen MR) is 111 cm³/mol. The molecular weight excluding hydrogens is 485 g/mol. The van der Waals surface area contributed by atoms with Crippen molar-refractivity contribution in [3.8, 4) is 5.75 Å². The molecule has 0 saturated carbocycles. The highest BCUT2D eigenvalue weighted by Gasteiger charge is 2.36. The molecule has 0 radical (unpaired) electrons. The summed E-state index contributed by atoms with van der Waals surface area (Å²) in [5, 5.41) is 0. The van der Waals surface area contributed by atoms with Crippen molar-refractivity contribution in [3.05, 3.63) is 64.6 Å². The monoisotopic (exact) mass is 504 g/mol. The van der Waals surface area contributed by atoms with Crippen molar-refractivity contribution < 1.29 is 26.3 Å². The second-order valence-corrected chi connectivity index (χ2v) is 9.48. The molecule has 162 valence electrons. The third kappa shape index (κ3) is 6.07. The zero-order valence-electron chi connectivity index (χ0n) is 15.8. The normalized spacial score (nSPS) is 16.8. The number of rotatable bonds is 6. The second kappa shape index (κ2) is 9.51. The summed E-state index contributed by atoms with van der Waals surface area (Å²) in [6.07, 6.45) is -0.996. The number of nitrogens with zero attached hydrogens (tertiary/aromatic N) is 2. The third-order valence-corrected chi connectivity index (χ3v) is 6.99. The molecule has 2 aromatic carbocycles.